The molecule has 3 aromatic rings. The van der Waals surface area contributed by atoms with Crippen molar-refractivity contribution in [1.29, 1.82) is 0 Å². The second kappa shape index (κ2) is 11.5. The Morgan fingerprint density at radius 1 is 1.02 bits per heavy atom. The van der Waals surface area contributed by atoms with Crippen molar-refractivity contribution in [2.45, 2.75) is 50.4 Å². The predicted octanol–water partition coefficient (Wildman–Crippen LogP) is 5.91. The number of para-hydroxylation sites is 1. The molecule has 1 aliphatic carbocycles. The van der Waals surface area contributed by atoms with Gasteiger partial charge in [-0.1, -0.05) is 41.4 Å². The summed E-state index contributed by atoms with van der Waals surface area (Å²) < 4.78 is 32.8. The number of benzene rings is 3. The molecular formula is C35H34Cl2FN3O6. The van der Waals surface area contributed by atoms with Gasteiger partial charge in [-0.15, -0.1) is 0 Å². The van der Waals surface area contributed by atoms with Gasteiger partial charge >= 0.3 is 5.97 Å². The molecule has 47 heavy (non-hydrogen) atoms. The topological polar surface area (TPSA) is 91.8 Å². The Balaban J connectivity index is 1.06. The minimum atomic E-state index is -0.603. The molecule has 4 heterocycles. The van der Waals surface area contributed by atoms with Crippen LogP contribution >= 0.6 is 23.2 Å². The molecule has 3 aromatic carbocycles. The molecule has 2 unspecified atom stereocenters. The molecular weight excluding hydrogens is 648 g/mol. The first-order chi connectivity index (χ1) is 22.6. The Bertz CT molecular complexity index is 1750. The number of carbonyl (C=O) groups is 2. The Hall–Kier alpha value is -3.57. The summed E-state index contributed by atoms with van der Waals surface area (Å²) in [6.45, 7) is 2.84. The fourth-order valence-corrected chi connectivity index (χ4v) is 8.78. The van der Waals surface area contributed by atoms with E-state index in [1.807, 2.05) is 6.07 Å². The molecule has 246 valence electrons. The van der Waals surface area contributed by atoms with Gasteiger partial charge in [0, 0.05) is 40.9 Å². The molecule has 1 N–H and O–H groups in total. The van der Waals surface area contributed by atoms with Crippen molar-refractivity contribution in [1.82, 2.24) is 4.90 Å². The number of carbonyl (C=O) groups excluding carboxylic acids is 2. The number of aliphatic hydroxyl groups excluding tert-OH is 1. The maximum absolute atomic E-state index is 15.9. The highest BCUT2D eigenvalue weighted by Crippen LogP contribution is 2.50. The lowest BCUT2D eigenvalue weighted by Crippen LogP contribution is -2.63. The summed E-state index contributed by atoms with van der Waals surface area (Å²) in [7, 11) is 1.29. The smallest absolute Gasteiger partial charge is 0.340 e. The number of anilines is 2. The van der Waals surface area contributed by atoms with Crippen molar-refractivity contribution < 1.29 is 33.3 Å². The van der Waals surface area contributed by atoms with Gasteiger partial charge in [-0.25, -0.2) is 9.18 Å². The minimum Gasteiger partial charge on any atom is -0.472 e. The maximum Gasteiger partial charge on any atom is 0.340 e. The molecule has 1 spiro atoms. The van der Waals surface area contributed by atoms with E-state index < -0.39 is 11.8 Å². The van der Waals surface area contributed by atoms with Gasteiger partial charge in [0.2, 0.25) is 0 Å². The number of halogens is 3. The Labute approximate surface area is 281 Å². The van der Waals surface area contributed by atoms with Crippen LogP contribution in [0.15, 0.2) is 42.5 Å². The van der Waals surface area contributed by atoms with Crippen LogP contribution in [0.5, 0.6) is 5.75 Å². The summed E-state index contributed by atoms with van der Waals surface area (Å²) in [6.07, 6.45) is 3.24. The highest BCUT2D eigenvalue weighted by molar-refractivity contribution is 6.40. The number of hydrogen-bond donors (Lipinski definition) is 1. The zero-order valence-electron chi connectivity index (χ0n) is 25.8. The van der Waals surface area contributed by atoms with Crippen LogP contribution < -0.4 is 14.5 Å². The summed E-state index contributed by atoms with van der Waals surface area (Å²) in [5, 5.41) is 10.2. The molecule has 4 fully saturated rings. The van der Waals surface area contributed by atoms with Crippen LogP contribution in [0, 0.1) is 11.2 Å². The lowest BCUT2D eigenvalue weighted by atomic mass is 9.62. The molecule has 1 saturated carbocycles. The molecule has 3 saturated heterocycles. The van der Waals surface area contributed by atoms with Crippen molar-refractivity contribution in [3.63, 3.8) is 0 Å². The average Bonchev–Trinajstić information content (AvgIpc) is 3.27. The number of fused-ring (bicyclic) bond motifs is 3. The van der Waals surface area contributed by atoms with Crippen molar-refractivity contribution >= 4 is 46.5 Å². The maximum atomic E-state index is 15.9. The number of esters is 1. The third-order valence-electron chi connectivity index (χ3n) is 10.4. The van der Waals surface area contributed by atoms with Gasteiger partial charge in [0.05, 0.1) is 71.9 Å². The van der Waals surface area contributed by atoms with Gasteiger partial charge < -0.3 is 34.0 Å². The van der Waals surface area contributed by atoms with E-state index in [1.54, 1.807) is 30.3 Å². The number of hydrogen-bond acceptors (Lipinski definition) is 8. The van der Waals surface area contributed by atoms with Gasteiger partial charge in [0.1, 0.15) is 11.6 Å². The van der Waals surface area contributed by atoms with Crippen LogP contribution in [0.25, 0.3) is 11.1 Å². The third-order valence-corrected chi connectivity index (χ3v) is 11.0. The van der Waals surface area contributed by atoms with Gasteiger partial charge in [-0.3, -0.25) is 4.79 Å². The number of ether oxygens (including phenoxy) is 3. The molecule has 5 aliphatic rings. The Kier molecular flexibility index (Phi) is 7.55. The Morgan fingerprint density at radius 3 is 2.38 bits per heavy atom. The zero-order valence-corrected chi connectivity index (χ0v) is 27.3. The van der Waals surface area contributed by atoms with E-state index in [4.69, 9.17) is 37.4 Å². The van der Waals surface area contributed by atoms with Crippen LogP contribution in [0.3, 0.4) is 0 Å². The fraction of sp³-hybridized carbons (Fsp3) is 0.429. The normalized spacial score (nSPS) is 22.8. The highest BCUT2D eigenvalue weighted by Gasteiger charge is 2.52. The van der Waals surface area contributed by atoms with E-state index in [2.05, 4.69) is 9.80 Å². The zero-order chi connectivity index (χ0) is 32.6. The van der Waals surface area contributed by atoms with Crippen molar-refractivity contribution in [2.75, 3.05) is 49.9 Å². The number of amides is 1. The first-order valence-electron chi connectivity index (χ1n) is 15.9. The van der Waals surface area contributed by atoms with E-state index in [0.717, 1.165) is 44.5 Å². The lowest BCUT2D eigenvalue weighted by Gasteiger charge is -2.58. The number of morpholine rings is 1. The number of nitrogens with zero attached hydrogens (tertiary/aromatic N) is 3. The minimum absolute atomic E-state index is 0.0861. The standard InChI is InChI=1S/C35H34Cl2FN3O6/c1-45-34(44)26-9-29(38)25(10-30(26)41-20-5-6-21(41)15-46-14-20)24-4-2-3-19-13-39(18-47-32(19)24)33(43)31-27(36)7-22(8-28(31)37)40-16-35(17-40)11-23(42)12-35/h2-4,7-10,20-21,23,42H,5-6,11-18H2,1H3. The molecule has 2 bridgehead atoms. The molecule has 4 aliphatic heterocycles. The molecule has 2 atom stereocenters. The molecule has 8 rings (SSSR count). The van der Waals surface area contributed by atoms with Crippen LogP contribution in [0.4, 0.5) is 15.8 Å². The van der Waals surface area contributed by atoms with Crippen LogP contribution in [0.1, 0.15) is 52.0 Å². The van der Waals surface area contributed by atoms with Crippen LogP contribution in [-0.4, -0.2) is 80.2 Å². The first-order valence-corrected chi connectivity index (χ1v) is 16.6. The van der Waals surface area contributed by atoms with Crippen molar-refractivity contribution in [3.8, 4) is 16.9 Å². The van der Waals surface area contributed by atoms with Crippen LogP contribution in [-0.2, 0) is 16.0 Å². The van der Waals surface area contributed by atoms with Crippen molar-refractivity contribution in [2.24, 2.45) is 5.41 Å². The van der Waals surface area contributed by atoms with E-state index in [1.165, 1.54) is 18.1 Å². The summed E-state index contributed by atoms with van der Waals surface area (Å²) in [6, 6.07) is 12.1. The number of aliphatic hydroxyl groups is 1. The molecule has 0 radical (unpaired) electrons. The third kappa shape index (κ3) is 5.12. The quantitative estimate of drug-likeness (QED) is 0.333. The second-order valence-electron chi connectivity index (χ2n) is 13.4. The van der Waals surface area contributed by atoms with E-state index >= 15 is 4.39 Å². The SMILES string of the molecule is COC(=O)c1cc(F)c(-c2cccc3c2OCN(C(=O)c2c(Cl)cc(N4CC5(CC(O)C5)C4)cc2Cl)C3)cc1N1C2CCC1COC2. The monoisotopic (exact) mass is 681 g/mol. The highest BCUT2D eigenvalue weighted by atomic mass is 35.5. The van der Waals surface area contributed by atoms with Crippen molar-refractivity contribution in [3.05, 3.63) is 75.0 Å². The average molecular weight is 683 g/mol. The summed E-state index contributed by atoms with van der Waals surface area (Å²) in [4.78, 5) is 32.4. The van der Waals surface area contributed by atoms with Gasteiger partial charge in [-0.2, -0.15) is 0 Å². The summed E-state index contributed by atoms with van der Waals surface area (Å²) in [5.74, 6) is -1.08. The summed E-state index contributed by atoms with van der Waals surface area (Å²) >= 11 is 13.3. The summed E-state index contributed by atoms with van der Waals surface area (Å²) in [5.41, 5.74) is 3.51. The second-order valence-corrected chi connectivity index (χ2v) is 14.3. The van der Waals surface area contributed by atoms with Gasteiger partial charge in [-0.05, 0) is 49.9 Å². The Morgan fingerprint density at radius 2 is 1.72 bits per heavy atom. The van der Waals surface area contributed by atoms with E-state index in [-0.39, 0.29) is 64.0 Å². The number of rotatable bonds is 5. The first kappa shape index (κ1) is 30.7. The van der Waals surface area contributed by atoms with Gasteiger partial charge in [0.25, 0.3) is 5.91 Å². The number of methoxy groups -OCH3 is 1. The molecule has 12 heteroatoms. The predicted molar refractivity (Wildman–Crippen MR) is 175 cm³/mol. The van der Waals surface area contributed by atoms with Crippen LogP contribution in [0.2, 0.25) is 10.0 Å². The lowest BCUT2D eigenvalue weighted by molar-refractivity contribution is -0.0491. The molecule has 0 aromatic heterocycles. The van der Waals surface area contributed by atoms with Gasteiger partial charge in [0.15, 0.2) is 6.73 Å². The molecule has 9 nitrogen and oxygen atoms in total. The largest absolute Gasteiger partial charge is 0.472 e. The fourth-order valence-electron chi connectivity index (χ4n) is 8.14. The van der Waals surface area contributed by atoms with E-state index in [9.17, 15) is 14.7 Å². The van der Waals surface area contributed by atoms with E-state index in [0.29, 0.717) is 41.3 Å². The molecule has 1 amide bonds.